The lowest BCUT2D eigenvalue weighted by atomic mass is 10.2. The van der Waals surface area contributed by atoms with Crippen molar-refractivity contribution >= 4 is 29.3 Å². The first-order valence-corrected chi connectivity index (χ1v) is 8.79. The number of amides is 1. The van der Waals surface area contributed by atoms with Gasteiger partial charge >= 0.3 is 5.97 Å². The van der Waals surface area contributed by atoms with Crippen LogP contribution in [0.15, 0.2) is 42.5 Å². The molecule has 0 aliphatic rings. The molecule has 1 amide bonds. The molecule has 25 heavy (non-hydrogen) atoms. The van der Waals surface area contributed by atoms with Gasteiger partial charge in [-0.15, -0.1) is 11.3 Å². The van der Waals surface area contributed by atoms with Crippen molar-refractivity contribution in [3.63, 3.8) is 0 Å². The van der Waals surface area contributed by atoms with Crippen LogP contribution in [-0.2, 0) is 14.3 Å². The zero-order valence-electron chi connectivity index (χ0n) is 14.0. The van der Waals surface area contributed by atoms with Gasteiger partial charge in [-0.3, -0.25) is 9.59 Å². The van der Waals surface area contributed by atoms with Crippen molar-refractivity contribution in [2.45, 2.75) is 19.3 Å². The van der Waals surface area contributed by atoms with E-state index >= 15 is 0 Å². The molecule has 0 aliphatic carbocycles. The molecule has 0 bridgehead atoms. The molecule has 1 N–H and O–H groups in total. The van der Waals surface area contributed by atoms with Gasteiger partial charge in [0, 0.05) is 34.4 Å². The highest BCUT2D eigenvalue weighted by atomic mass is 32.1. The average molecular weight is 361 g/mol. The maximum Gasteiger partial charge on any atom is 0.305 e. The Morgan fingerprint density at radius 1 is 1.20 bits per heavy atom. The lowest BCUT2D eigenvalue weighted by molar-refractivity contribution is -0.140. The quantitative estimate of drug-likeness (QED) is 0.439. The first-order valence-electron chi connectivity index (χ1n) is 7.97. The largest absolute Gasteiger partial charge is 0.469 e. The van der Waals surface area contributed by atoms with Crippen LogP contribution in [0.5, 0.6) is 0 Å². The van der Waals surface area contributed by atoms with Gasteiger partial charge in [0.1, 0.15) is 5.82 Å². The molecule has 0 saturated carbocycles. The number of halogens is 1. The number of methoxy groups -OCH3 is 1. The third-order valence-electron chi connectivity index (χ3n) is 3.50. The number of nitrogens with one attached hydrogen (secondary N) is 1. The van der Waals surface area contributed by atoms with E-state index in [0.717, 1.165) is 9.75 Å². The number of esters is 1. The van der Waals surface area contributed by atoms with Crippen LogP contribution in [0.1, 0.15) is 24.1 Å². The number of benzene rings is 1. The number of carbonyl (C=O) groups is 2. The predicted octanol–water partition coefficient (Wildman–Crippen LogP) is 4.03. The molecule has 0 aliphatic heterocycles. The molecule has 6 heteroatoms. The predicted molar refractivity (Wildman–Crippen MR) is 97.6 cm³/mol. The van der Waals surface area contributed by atoms with Crippen LogP contribution >= 0.6 is 11.3 Å². The molecule has 0 spiro atoms. The van der Waals surface area contributed by atoms with E-state index in [0.29, 0.717) is 31.4 Å². The second kappa shape index (κ2) is 9.74. The molecule has 0 atom stereocenters. The summed E-state index contributed by atoms with van der Waals surface area (Å²) in [5.41, 5.74) is 0.558. The van der Waals surface area contributed by atoms with E-state index in [9.17, 15) is 14.0 Å². The number of hydrogen-bond acceptors (Lipinski definition) is 4. The van der Waals surface area contributed by atoms with Crippen molar-refractivity contribution in [3.8, 4) is 10.4 Å². The van der Waals surface area contributed by atoms with Crippen molar-refractivity contribution in [1.29, 1.82) is 0 Å². The van der Waals surface area contributed by atoms with Crippen LogP contribution in [0.4, 0.5) is 4.39 Å². The SMILES string of the molecule is COC(=O)CCCCNC(=O)/C=C/c1ccc(-c2ccccc2F)s1. The molecule has 1 aromatic carbocycles. The maximum absolute atomic E-state index is 13.8. The zero-order valence-corrected chi connectivity index (χ0v) is 14.8. The lowest BCUT2D eigenvalue weighted by Crippen LogP contribution is -2.22. The van der Waals surface area contributed by atoms with Crippen LogP contribution in [0.3, 0.4) is 0 Å². The highest BCUT2D eigenvalue weighted by Gasteiger charge is 2.06. The van der Waals surface area contributed by atoms with E-state index in [1.54, 1.807) is 24.3 Å². The Morgan fingerprint density at radius 3 is 2.76 bits per heavy atom. The lowest BCUT2D eigenvalue weighted by Gasteiger charge is -2.01. The van der Waals surface area contributed by atoms with E-state index in [4.69, 9.17) is 0 Å². The first-order chi connectivity index (χ1) is 12.1. The van der Waals surface area contributed by atoms with Gasteiger partial charge in [-0.05, 0) is 37.1 Å². The number of unbranched alkanes of at least 4 members (excludes halogenated alkanes) is 1. The fraction of sp³-hybridized carbons (Fsp3) is 0.263. The fourth-order valence-electron chi connectivity index (χ4n) is 2.17. The molecular weight excluding hydrogens is 341 g/mol. The summed E-state index contributed by atoms with van der Waals surface area (Å²) in [6.45, 7) is 0.505. The fourth-order valence-corrected chi connectivity index (χ4v) is 3.11. The molecule has 0 unspecified atom stereocenters. The topological polar surface area (TPSA) is 55.4 Å². The normalized spacial score (nSPS) is 10.8. The summed E-state index contributed by atoms with van der Waals surface area (Å²) in [4.78, 5) is 24.4. The second-order valence-corrected chi connectivity index (χ2v) is 6.45. The molecule has 4 nitrogen and oxygen atoms in total. The Hall–Kier alpha value is -2.47. The van der Waals surface area contributed by atoms with Crippen LogP contribution in [0.2, 0.25) is 0 Å². The molecule has 0 saturated heterocycles. The van der Waals surface area contributed by atoms with Gasteiger partial charge in [-0.25, -0.2) is 4.39 Å². The number of rotatable bonds is 8. The van der Waals surface area contributed by atoms with E-state index < -0.39 is 0 Å². The van der Waals surface area contributed by atoms with Crippen molar-refractivity contribution in [3.05, 3.63) is 53.2 Å². The molecule has 2 rings (SSSR count). The number of carbonyl (C=O) groups excluding carboxylic acids is 2. The van der Waals surface area contributed by atoms with Gasteiger partial charge in [0.25, 0.3) is 0 Å². The van der Waals surface area contributed by atoms with Gasteiger partial charge in [0.2, 0.25) is 5.91 Å². The highest BCUT2D eigenvalue weighted by Crippen LogP contribution is 2.30. The van der Waals surface area contributed by atoms with Crippen LogP contribution in [-0.4, -0.2) is 25.5 Å². The molecule has 0 fully saturated rings. The minimum atomic E-state index is -0.260. The van der Waals surface area contributed by atoms with Crippen molar-refractivity contribution in [2.24, 2.45) is 0 Å². The monoisotopic (exact) mass is 361 g/mol. The third-order valence-corrected chi connectivity index (χ3v) is 4.58. The Labute approximate surface area is 150 Å². The van der Waals surface area contributed by atoms with Gasteiger partial charge in [0.05, 0.1) is 7.11 Å². The van der Waals surface area contributed by atoms with E-state index in [1.165, 1.54) is 30.6 Å². The third kappa shape index (κ3) is 6.15. The van der Waals surface area contributed by atoms with Crippen molar-refractivity contribution in [1.82, 2.24) is 5.32 Å². The summed E-state index contributed by atoms with van der Waals surface area (Å²) < 4.78 is 18.3. The Balaban J connectivity index is 1.79. The van der Waals surface area contributed by atoms with Gasteiger partial charge in [-0.1, -0.05) is 18.2 Å². The Bertz CT molecular complexity index is 755. The van der Waals surface area contributed by atoms with E-state index in [2.05, 4.69) is 10.1 Å². The molecule has 132 valence electrons. The average Bonchev–Trinajstić information content (AvgIpc) is 3.08. The summed E-state index contributed by atoms with van der Waals surface area (Å²) in [7, 11) is 1.36. The van der Waals surface area contributed by atoms with Gasteiger partial charge in [0.15, 0.2) is 0 Å². The van der Waals surface area contributed by atoms with E-state index in [1.807, 2.05) is 12.1 Å². The minimum Gasteiger partial charge on any atom is -0.469 e. The second-order valence-electron chi connectivity index (χ2n) is 5.34. The number of ether oxygens (including phenoxy) is 1. The summed E-state index contributed by atoms with van der Waals surface area (Å²) in [6, 6.07) is 10.3. The van der Waals surface area contributed by atoms with Crippen LogP contribution < -0.4 is 5.32 Å². The summed E-state index contributed by atoms with van der Waals surface area (Å²) in [5.74, 6) is -0.696. The molecular formula is C19H20FNO3S. The zero-order chi connectivity index (χ0) is 18.1. The Morgan fingerprint density at radius 2 is 2.00 bits per heavy atom. The number of thiophene rings is 1. The Kier molecular flexibility index (Phi) is 7.35. The van der Waals surface area contributed by atoms with Gasteiger partial charge < -0.3 is 10.1 Å². The molecule has 0 radical (unpaired) electrons. The number of hydrogen-bond donors (Lipinski definition) is 1. The van der Waals surface area contributed by atoms with Crippen molar-refractivity contribution < 1.29 is 18.7 Å². The summed E-state index contributed by atoms with van der Waals surface area (Å²) in [5, 5.41) is 2.76. The molecule has 1 heterocycles. The minimum absolute atomic E-state index is 0.195. The summed E-state index contributed by atoms with van der Waals surface area (Å²) in [6.07, 6.45) is 4.91. The van der Waals surface area contributed by atoms with E-state index in [-0.39, 0.29) is 17.7 Å². The maximum atomic E-state index is 13.8. The smallest absolute Gasteiger partial charge is 0.305 e. The molecule has 2 aromatic rings. The van der Waals surface area contributed by atoms with Crippen LogP contribution in [0, 0.1) is 5.82 Å². The molecule has 1 aromatic heterocycles. The first kappa shape index (κ1) is 18.9. The van der Waals surface area contributed by atoms with Crippen molar-refractivity contribution in [2.75, 3.05) is 13.7 Å². The summed E-state index contributed by atoms with van der Waals surface area (Å²) >= 11 is 1.42. The standard InChI is InChI=1S/C19H20FNO3S/c1-24-19(23)8-4-5-13-21-18(22)12-10-14-9-11-17(25-14)15-6-2-3-7-16(15)20/h2-3,6-7,9-12H,4-5,8,13H2,1H3,(H,21,22)/b12-10+. The van der Waals surface area contributed by atoms with Crippen LogP contribution in [0.25, 0.3) is 16.5 Å². The van der Waals surface area contributed by atoms with Gasteiger partial charge in [-0.2, -0.15) is 0 Å². The highest BCUT2D eigenvalue weighted by molar-refractivity contribution is 7.16.